The number of benzene rings is 1. The number of ether oxygens (including phenoxy) is 4. The number of nitrogens with zero attached hydrogens (tertiary/aromatic N) is 1. The fourth-order valence-corrected chi connectivity index (χ4v) is 3.87. The van der Waals surface area contributed by atoms with E-state index in [0.29, 0.717) is 5.75 Å². The molecule has 0 bridgehead atoms. The van der Waals surface area contributed by atoms with Crippen molar-refractivity contribution in [2.75, 3.05) is 20.5 Å². The number of hydrogen-bond donors (Lipinski definition) is 1. The average Bonchev–Trinajstić information content (AvgIpc) is 3.04. The van der Waals surface area contributed by atoms with Gasteiger partial charge in [0.1, 0.15) is 17.8 Å². The number of Topliss-reactive ketones (excluding diaryl/α,β-unsaturated/α-hetero) is 1. The van der Waals surface area contributed by atoms with Crippen LogP contribution in [0.25, 0.3) is 0 Å². The van der Waals surface area contributed by atoms with Crippen molar-refractivity contribution in [3.63, 3.8) is 0 Å². The number of esters is 2. The van der Waals surface area contributed by atoms with E-state index in [4.69, 9.17) is 18.9 Å². The van der Waals surface area contributed by atoms with Gasteiger partial charge in [-0.1, -0.05) is 25.1 Å². The van der Waals surface area contributed by atoms with Crippen molar-refractivity contribution >= 4 is 29.5 Å². The van der Waals surface area contributed by atoms with E-state index in [1.807, 2.05) is 0 Å². The SMILES string of the molecule is COC1(NC(=O)COc2ccccc2)C(=O)N2C(C(=O)OCOC(=O)C(C)(C)C)C(C)C(=O)[C@@H]21. The Kier molecular flexibility index (Phi) is 6.97. The number of amides is 2. The van der Waals surface area contributed by atoms with Crippen LogP contribution in [-0.2, 0) is 38.2 Å². The van der Waals surface area contributed by atoms with Gasteiger partial charge in [0, 0.05) is 13.0 Å². The van der Waals surface area contributed by atoms with Crippen LogP contribution >= 0.6 is 0 Å². The molecule has 2 aliphatic rings. The minimum absolute atomic E-state index is 0.413. The molecule has 11 heteroatoms. The molecule has 11 nitrogen and oxygen atoms in total. The summed E-state index contributed by atoms with van der Waals surface area (Å²) in [5.74, 6) is -3.87. The molecule has 2 aliphatic heterocycles. The molecule has 0 radical (unpaired) electrons. The molecule has 2 fully saturated rings. The fourth-order valence-electron chi connectivity index (χ4n) is 3.87. The van der Waals surface area contributed by atoms with Crippen LogP contribution in [-0.4, -0.2) is 72.8 Å². The molecule has 0 saturated carbocycles. The van der Waals surface area contributed by atoms with E-state index in [2.05, 4.69) is 5.32 Å². The maximum atomic E-state index is 13.0. The van der Waals surface area contributed by atoms with Gasteiger partial charge in [0.15, 0.2) is 12.4 Å². The van der Waals surface area contributed by atoms with Crippen molar-refractivity contribution in [2.24, 2.45) is 11.3 Å². The summed E-state index contributed by atoms with van der Waals surface area (Å²) in [6.45, 7) is 5.33. The van der Waals surface area contributed by atoms with Crippen LogP contribution < -0.4 is 10.1 Å². The standard InChI is InChI=1S/C23H28N2O9/c1-13-16(19(28)33-12-34-21(30)22(2,3)4)25-18(17(13)27)23(31-5,20(25)29)24-15(26)11-32-14-9-7-6-8-10-14/h6-10,13,16,18H,11-12H2,1-5H3,(H,24,26)/t13?,16?,18-,23?/m1/s1. The first-order chi connectivity index (χ1) is 15.9. The predicted octanol–water partition coefficient (Wildman–Crippen LogP) is 0.412. The number of carbonyl (C=O) groups is 5. The summed E-state index contributed by atoms with van der Waals surface area (Å²) in [5, 5.41) is 2.44. The quantitative estimate of drug-likeness (QED) is 0.321. The van der Waals surface area contributed by atoms with Gasteiger partial charge in [0.05, 0.1) is 5.41 Å². The Bertz CT molecular complexity index is 988. The monoisotopic (exact) mass is 476 g/mol. The van der Waals surface area contributed by atoms with Crippen molar-refractivity contribution in [1.29, 1.82) is 0 Å². The van der Waals surface area contributed by atoms with Gasteiger partial charge in [-0.25, -0.2) is 4.79 Å². The molecule has 2 amide bonds. The summed E-state index contributed by atoms with van der Waals surface area (Å²) in [6.07, 6.45) is 0. The largest absolute Gasteiger partial charge is 0.484 e. The second kappa shape index (κ2) is 9.41. The third kappa shape index (κ3) is 4.47. The van der Waals surface area contributed by atoms with Gasteiger partial charge in [0.25, 0.3) is 11.8 Å². The molecule has 0 aromatic heterocycles. The molecular formula is C23H28N2O9. The molecule has 1 aromatic carbocycles. The van der Waals surface area contributed by atoms with Crippen molar-refractivity contribution in [3.05, 3.63) is 30.3 Å². The smallest absolute Gasteiger partial charge is 0.332 e. The van der Waals surface area contributed by atoms with Gasteiger partial charge in [0.2, 0.25) is 12.5 Å². The Morgan fingerprint density at radius 1 is 1.09 bits per heavy atom. The third-order valence-electron chi connectivity index (χ3n) is 5.71. The minimum atomic E-state index is -1.95. The zero-order valence-electron chi connectivity index (χ0n) is 19.7. The zero-order chi connectivity index (χ0) is 25.3. The van der Waals surface area contributed by atoms with E-state index in [-0.39, 0.29) is 0 Å². The number of methoxy groups -OCH3 is 1. The minimum Gasteiger partial charge on any atom is -0.484 e. The fraction of sp³-hybridized carbons (Fsp3) is 0.522. The van der Waals surface area contributed by atoms with E-state index in [9.17, 15) is 24.0 Å². The van der Waals surface area contributed by atoms with Gasteiger partial charge in [-0.15, -0.1) is 0 Å². The topological polar surface area (TPSA) is 138 Å². The first kappa shape index (κ1) is 25.2. The van der Waals surface area contributed by atoms with Crippen LogP contribution in [0.5, 0.6) is 5.75 Å². The lowest BCUT2D eigenvalue weighted by atomic mass is 9.88. The maximum absolute atomic E-state index is 13.0. The van der Waals surface area contributed by atoms with E-state index >= 15 is 0 Å². The van der Waals surface area contributed by atoms with Crippen LogP contribution in [0.1, 0.15) is 27.7 Å². The molecule has 4 atom stereocenters. The van der Waals surface area contributed by atoms with E-state index in [1.54, 1.807) is 51.1 Å². The lowest BCUT2D eigenvalue weighted by Gasteiger charge is -2.51. The Morgan fingerprint density at radius 3 is 2.32 bits per heavy atom. The summed E-state index contributed by atoms with van der Waals surface area (Å²) in [6, 6.07) is 6.13. The highest BCUT2D eigenvalue weighted by atomic mass is 16.7. The van der Waals surface area contributed by atoms with Crippen molar-refractivity contribution in [2.45, 2.75) is 45.5 Å². The number of hydrogen-bond acceptors (Lipinski definition) is 9. The van der Waals surface area contributed by atoms with E-state index in [0.717, 1.165) is 4.90 Å². The van der Waals surface area contributed by atoms with Crippen molar-refractivity contribution < 1.29 is 42.9 Å². The van der Waals surface area contributed by atoms with Gasteiger partial charge < -0.3 is 29.2 Å². The maximum Gasteiger partial charge on any atom is 0.332 e. The van der Waals surface area contributed by atoms with Crippen LogP contribution in [0.4, 0.5) is 0 Å². The van der Waals surface area contributed by atoms with Gasteiger partial charge >= 0.3 is 11.9 Å². The number of fused-ring (bicyclic) bond motifs is 1. The second-order valence-electron chi connectivity index (χ2n) is 9.10. The van der Waals surface area contributed by atoms with Crippen LogP contribution in [0.15, 0.2) is 30.3 Å². The van der Waals surface area contributed by atoms with E-state index < -0.39 is 72.1 Å². The van der Waals surface area contributed by atoms with Crippen LogP contribution in [0.2, 0.25) is 0 Å². The summed E-state index contributed by atoms with van der Waals surface area (Å²) >= 11 is 0. The second-order valence-corrected chi connectivity index (χ2v) is 9.10. The molecule has 2 saturated heterocycles. The molecule has 3 rings (SSSR count). The normalized spacial score (nSPS) is 25.8. The van der Waals surface area contributed by atoms with Gasteiger partial charge in [-0.05, 0) is 32.9 Å². The highest BCUT2D eigenvalue weighted by Crippen LogP contribution is 2.43. The molecule has 34 heavy (non-hydrogen) atoms. The number of β-lactam (4-membered cyclic amide) rings is 1. The summed E-state index contributed by atoms with van der Waals surface area (Å²) in [7, 11) is 1.18. The van der Waals surface area contributed by atoms with Crippen LogP contribution in [0.3, 0.4) is 0 Å². The van der Waals surface area contributed by atoms with Crippen molar-refractivity contribution in [3.8, 4) is 5.75 Å². The lowest BCUT2D eigenvalue weighted by molar-refractivity contribution is -0.209. The van der Waals surface area contributed by atoms with Crippen LogP contribution in [0, 0.1) is 11.3 Å². The van der Waals surface area contributed by atoms with E-state index in [1.165, 1.54) is 14.0 Å². The molecular weight excluding hydrogens is 448 g/mol. The predicted molar refractivity (Wildman–Crippen MR) is 115 cm³/mol. The Balaban J connectivity index is 1.65. The molecule has 2 heterocycles. The van der Waals surface area contributed by atoms with Gasteiger partial charge in [-0.3, -0.25) is 19.2 Å². The van der Waals surface area contributed by atoms with Gasteiger partial charge in [-0.2, -0.15) is 0 Å². The number of ketones is 1. The summed E-state index contributed by atoms with van der Waals surface area (Å²) < 4.78 is 20.6. The van der Waals surface area contributed by atoms with Crippen molar-refractivity contribution in [1.82, 2.24) is 10.2 Å². The molecule has 1 N–H and O–H groups in total. The molecule has 3 unspecified atom stereocenters. The molecule has 0 spiro atoms. The zero-order valence-corrected chi connectivity index (χ0v) is 19.7. The molecule has 0 aliphatic carbocycles. The highest BCUT2D eigenvalue weighted by molar-refractivity contribution is 6.13. The third-order valence-corrected chi connectivity index (χ3v) is 5.71. The Morgan fingerprint density at radius 2 is 1.74 bits per heavy atom. The Labute approximate surface area is 196 Å². The summed E-state index contributed by atoms with van der Waals surface area (Å²) in [4.78, 5) is 63.9. The number of rotatable bonds is 8. The summed E-state index contributed by atoms with van der Waals surface area (Å²) in [5.41, 5.74) is -2.74. The first-order valence-electron chi connectivity index (χ1n) is 10.7. The number of carbonyl (C=O) groups excluding carboxylic acids is 5. The first-order valence-corrected chi connectivity index (χ1v) is 10.7. The molecule has 184 valence electrons. The number of nitrogens with one attached hydrogen (secondary N) is 1. The Hall–Kier alpha value is -3.47. The lowest BCUT2D eigenvalue weighted by Crippen LogP contribution is -2.82. The number of para-hydroxylation sites is 1. The average molecular weight is 476 g/mol. The highest BCUT2D eigenvalue weighted by Gasteiger charge is 2.74. The molecule has 1 aromatic rings.